The zero-order valence-corrected chi connectivity index (χ0v) is 11.3. The van der Waals surface area contributed by atoms with E-state index in [-0.39, 0.29) is 0 Å². The molecule has 98 valence electrons. The van der Waals surface area contributed by atoms with Crippen molar-refractivity contribution >= 4 is 11.6 Å². The van der Waals surface area contributed by atoms with Gasteiger partial charge < -0.3 is 10.2 Å². The lowest BCUT2D eigenvalue weighted by Gasteiger charge is -2.39. The maximum absolute atomic E-state index is 4.55. The molecule has 2 fully saturated rings. The van der Waals surface area contributed by atoms with E-state index in [4.69, 9.17) is 0 Å². The van der Waals surface area contributed by atoms with Crippen LogP contribution in [0.5, 0.6) is 0 Å². The summed E-state index contributed by atoms with van der Waals surface area (Å²) >= 11 is 0. The van der Waals surface area contributed by atoms with Crippen molar-refractivity contribution in [1.29, 1.82) is 0 Å². The molecule has 2 atom stereocenters. The zero-order valence-electron chi connectivity index (χ0n) is 11.3. The Balaban J connectivity index is 1.93. The molecule has 18 heavy (non-hydrogen) atoms. The zero-order chi connectivity index (χ0) is 12.5. The predicted molar refractivity (Wildman–Crippen MR) is 74.0 cm³/mol. The molecule has 1 N–H and O–H groups in total. The van der Waals surface area contributed by atoms with E-state index in [1.807, 2.05) is 7.05 Å². The van der Waals surface area contributed by atoms with Crippen molar-refractivity contribution in [1.82, 2.24) is 9.97 Å². The molecule has 2 heterocycles. The quantitative estimate of drug-likeness (QED) is 0.871. The van der Waals surface area contributed by atoms with Gasteiger partial charge >= 0.3 is 0 Å². The Kier molecular flexibility index (Phi) is 3.10. The summed E-state index contributed by atoms with van der Waals surface area (Å²) in [4.78, 5) is 11.4. The first kappa shape index (κ1) is 11.8. The minimum Gasteiger partial charge on any atom is -0.373 e. The maximum atomic E-state index is 4.55. The molecule has 0 aromatic carbocycles. The fourth-order valence-electron chi connectivity index (χ4n) is 3.70. The van der Waals surface area contributed by atoms with Gasteiger partial charge in [-0.3, -0.25) is 0 Å². The van der Waals surface area contributed by atoms with Gasteiger partial charge in [0.15, 0.2) is 0 Å². The molecule has 1 aromatic heterocycles. The van der Waals surface area contributed by atoms with Crippen LogP contribution in [0, 0.1) is 12.8 Å². The van der Waals surface area contributed by atoms with Gasteiger partial charge in [0.1, 0.15) is 18.0 Å². The highest BCUT2D eigenvalue weighted by molar-refractivity contribution is 5.58. The highest BCUT2D eigenvalue weighted by Gasteiger charge is 2.36. The molecule has 0 bridgehead atoms. The lowest BCUT2D eigenvalue weighted by atomic mass is 9.92. The van der Waals surface area contributed by atoms with E-state index >= 15 is 0 Å². The van der Waals surface area contributed by atoms with Crippen LogP contribution < -0.4 is 10.2 Å². The van der Waals surface area contributed by atoms with Gasteiger partial charge in [-0.05, 0) is 38.5 Å². The second kappa shape index (κ2) is 4.75. The summed E-state index contributed by atoms with van der Waals surface area (Å²) in [5.41, 5.74) is 1.19. The molecule has 0 amide bonds. The van der Waals surface area contributed by atoms with Crippen molar-refractivity contribution in [2.45, 2.75) is 45.1 Å². The lowest BCUT2D eigenvalue weighted by Crippen LogP contribution is -2.43. The van der Waals surface area contributed by atoms with Crippen LogP contribution in [0.25, 0.3) is 0 Å². The molecule has 4 nitrogen and oxygen atoms in total. The Bertz CT molecular complexity index is 432. The third-order valence-electron chi connectivity index (χ3n) is 4.56. The maximum Gasteiger partial charge on any atom is 0.137 e. The summed E-state index contributed by atoms with van der Waals surface area (Å²) in [6.45, 7) is 3.28. The Morgan fingerprint density at radius 2 is 2.06 bits per heavy atom. The van der Waals surface area contributed by atoms with Crippen LogP contribution in [0.1, 0.15) is 37.7 Å². The van der Waals surface area contributed by atoms with Gasteiger partial charge in [-0.2, -0.15) is 0 Å². The molecule has 4 heteroatoms. The molecule has 1 saturated carbocycles. The Labute approximate surface area is 109 Å². The van der Waals surface area contributed by atoms with E-state index in [1.54, 1.807) is 6.33 Å². The summed E-state index contributed by atoms with van der Waals surface area (Å²) in [7, 11) is 1.92. The topological polar surface area (TPSA) is 41.1 Å². The van der Waals surface area contributed by atoms with Crippen molar-refractivity contribution in [3.05, 3.63) is 11.9 Å². The second-order valence-electron chi connectivity index (χ2n) is 5.51. The minimum atomic E-state index is 0.719. The molecule has 3 rings (SSSR count). The minimum absolute atomic E-state index is 0.719. The Morgan fingerprint density at radius 3 is 2.89 bits per heavy atom. The van der Waals surface area contributed by atoms with E-state index in [9.17, 15) is 0 Å². The van der Waals surface area contributed by atoms with Crippen LogP contribution in [0.3, 0.4) is 0 Å². The van der Waals surface area contributed by atoms with Gasteiger partial charge in [0.2, 0.25) is 0 Å². The molecular formula is C14H22N4. The summed E-state index contributed by atoms with van der Waals surface area (Å²) < 4.78 is 0. The fourth-order valence-corrected chi connectivity index (χ4v) is 3.70. The first-order valence-electron chi connectivity index (χ1n) is 7.07. The summed E-state index contributed by atoms with van der Waals surface area (Å²) in [5, 5.41) is 3.16. The highest BCUT2D eigenvalue weighted by Crippen LogP contribution is 2.39. The number of piperidine rings is 1. The van der Waals surface area contributed by atoms with Gasteiger partial charge in [0.25, 0.3) is 0 Å². The second-order valence-corrected chi connectivity index (χ2v) is 5.51. The molecule has 2 unspecified atom stereocenters. The van der Waals surface area contributed by atoms with Crippen molar-refractivity contribution < 1.29 is 0 Å². The number of aromatic nitrogens is 2. The lowest BCUT2D eigenvalue weighted by molar-refractivity contribution is 0.360. The number of fused-ring (bicyclic) bond motifs is 1. The first-order chi connectivity index (χ1) is 8.81. The van der Waals surface area contributed by atoms with E-state index in [2.05, 4.69) is 27.1 Å². The monoisotopic (exact) mass is 246 g/mol. The van der Waals surface area contributed by atoms with Crippen molar-refractivity contribution in [2.24, 2.45) is 5.92 Å². The van der Waals surface area contributed by atoms with Crippen molar-refractivity contribution in [3.8, 4) is 0 Å². The number of rotatable bonds is 2. The predicted octanol–water partition coefficient (Wildman–Crippen LogP) is 2.60. The van der Waals surface area contributed by atoms with Gasteiger partial charge in [0, 0.05) is 25.2 Å². The van der Waals surface area contributed by atoms with Crippen molar-refractivity contribution in [2.75, 3.05) is 23.8 Å². The summed E-state index contributed by atoms with van der Waals surface area (Å²) in [5.74, 6) is 3.00. The SMILES string of the molecule is CNc1ncnc(N2CCCC3CCCC32)c1C. The fraction of sp³-hybridized carbons (Fsp3) is 0.714. The molecule has 0 spiro atoms. The number of nitrogens with zero attached hydrogens (tertiary/aromatic N) is 3. The average molecular weight is 246 g/mol. The van der Waals surface area contributed by atoms with E-state index in [1.165, 1.54) is 37.7 Å². The third kappa shape index (κ3) is 1.84. The Hall–Kier alpha value is -1.32. The molecule has 1 aliphatic heterocycles. The molecule has 0 radical (unpaired) electrons. The van der Waals surface area contributed by atoms with Gasteiger partial charge in [-0.1, -0.05) is 6.42 Å². The first-order valence-corrected chi connectivity index (χ1v) is 7.07. The number of hydrogen-bond donors (Lipinski definition) is 1. The van der Waals surface area contributed by atoms with Crippen LogP contribution >= 0.6 is 0 Å². The molecule has 1 aliphatic carbocycles. The largest absolute Gasteiger partial charge is 0.373 e. The number of nitrogens with one attached hydrogen (secondary N) is 1. The molecule has 1 saturated heterocycles. The highest BCUT2D eigenvalue weighted by atomic mass is 15.2. The van der Waals surface area contributed by atoms with Crippen LogP contribution in [-0.2, 0) is 0 Å². The average Bonchev–Trinajstić information content (AvgIpc) is 2.87. The number of anilines is 2. The van der Waals surface area contributed by atoms with Crippen LogP contribution in [0.15, 0.2) is 6.33 Å². The van der Waals surface area contributed by atoms with Crippen LogP contribution in [-0.4, -0.2) is 29.6 Å². The summed E-state index contributed by atoms with van der Waals surface area (Å²) in [6.07, 6.45) is 8.53. The van der Waals surface area contributed by atoms with E-state index < -0.39 is 0 Å². The van der Waals surface area contributed by atoms with Gasteiger partial charge in [0.05, 0.1) is 0 Å². The smallest absolute Gasteiger partial charge is 0.137 e. The normalized spacial score (nSPS) is 27.1. The van der Waals surface area contributed by atoms with Gasteiger partial charge in [-0.15, -0.1) is 0 Å². The van der Waals surface area contributed by atoms with E-state index in [0.717, 1.165) is 30.1 Å². The van der Waals surface area contributed by atoms with Crippen LogP contribution in [0.2, 0.25) is 0 Å². The molecular weight excluding hydrogens is 224 g/mol. The summed E-state index contributed by atoms with van der Waals surface area (Å²) in [6, 6.07) is 0.719. The molecule has 2 aliphatic rings. The Morgan fingerprint density at radius 1 is 1.22 bits per heavy atom. The van der Waals surface area contributed by atoms with Crippen molar-refractivity contribution in [3.63, 3.8) is 0 Å². The standard InChI is InChI=1S/C14H22N4/c1-10-13(15-2)16-9-17-14(10)18-8-4-6-11-5-3-7-12(11)18/h9,11-12H,3-8H2,1-2H3,(H,15,16,17). The van der Waals surface area contributed by atoms with Gasteiger partial charge in [-0.25, -0.2) is 9.97 Å². The number of hydrogen-bond acceptors (Lipinski definition) is 4. The molecule has 1 aromatic rings. The van der Waals surface area contributed by atoms with Crippen LogP contribution in [0.4, 0.5) is 11.6 Å². The third-order valence-corrected chi connectivity index (χ3v) is 4.56. The van der Waals surface area contributed by atoms with E-state index in [0.29, 0.717) is 0 Å².